The SMILES string of the molecule is NCCCCC(NC(=O)C(Cc1c[nH]c2ccccc12)NC(=O)C(N)Cc1ccc(O)cc1)C(=O)N1CCCC1C(=O)O. The van der Waals surface area contributed by atoms with Crippen LogP contribution in [-0.4, -0.2) is 81.0 Å². The van der Waals surface area contributed by atoms with Gasteiger partial charge in [-0.15, -0.1) is 0 Å². The highest BCUT2D eigenvalue weighted by atomic mass is 16.4. The number of aromatic hydroxyl groups is 1. The summed E-state index contributed by atoms with van der Waals surface area (Å²) < 4.78 is 0. The van der Waals surface area contributed by atoms with Gasteiger partial charge >= 0.3 is 5.97 Å². The molecule has 1 fully saturated rings. The molecule has 4 rings (SSSR count). The van der Waals surface area contributed by atoms with Crippen molar-refractivity contribution < 1.29 is 29.4 Å². The highest BCUT2D eigenvalue weighted by molar-refractivity contribution is 5.95. The molecule has 43 heavy (non-hydrogen) atoms. The number of H-pyrrole nitrogens is 1. The third-order valence-electron chi connectivity index (χ3n) is 7.84. The van der Waals surface area contributed by atoms with Crippen LogP contribution in [0.1, 0.15) is 43.2 Å². The number of benzene rings is 2. The van der Waals surface area contributed by atoms with Crippen molar-refractivity contribution >= 4 is 34.6 Å². The van der Waals surface area contributed by atoms with Crippen LogP contribution in [0.4, 0.5) is 0 Å². The van der Waals surface area contributed by atoms with E-state index in [4.69, 9.17) is 11.5 Å². The van der Waals surface area contributed by atoms with Gasteiger partial charge in [0.15, 0.2) is 0 Å². The number of carbonyl (C=O) groups excluding carboxylic acids is 3. The van der Waals surface area contributed by atoms with Gasteiger partial charge < -0.3 is 42.2 Å². The Morgan fingerprint density at radius 2 is 1.70 bits per heavy atom. The van der Waals surface area contributed by atoms with Crippen molar-refractivity contribution in [3.8, 4) is 5.75 Å². The summed E-state index contributed by atoms with van der Waals surface area (Å²) in [5.41, 5.74) is 14.3. The van der Waals surface area contributed by atoms with Gasteiger partial charge in [0.25, 0.3) is 0 Å². The zero-order valence-electron chi connectivity index (χ0n) is 24.0. The molecule has 12 heteroatoms. The predicted octanol–water partition coefficient (Wildman–Crippen LogP) is 1.16. The van der Waals surface area contributed by atoms with Gasteiger partial charge in [-0.25, -0.2) is 4.79 Å². The number of rotatable bonds is 14. The second kappa shape index (κ2) is 14.7. The fourth-order valence-electron chi connectivity index (χ4n) is 5.50. The van der Waals surface area contributed by atoms with Crippen LogP contribution in [0.25, 0.3) is 10.9 Å². The second-order valence-corrected chi connectivity index (χ2v) is 11.0. The number of nitrogens with one attached hydrogen (secondary N) is 3. The highest BCUT2D eigenvalue weighted by Crippen LogP contribution is 2.22. The molecule has 1 saturated heterocycles. The van der Waals surface area contributed by atoms with Crippen molar-refractivity contribution in [1.29, 1.82) is 0 Å². The molecule has 4 unspecified atom stereocenters. The Morgan fingerprint density at radius 1 is 0.977 bits per heavy atom. The van der Waals surface area contributed by atoms with Crippen LogP contribution in [0, 0.1) is 0 Å². The van der Waals surface area contributed by atoms with Gasteiger partial charge in [0.05, 0.1) is 6.04 Å². The number of aromatic nitrogens is 1. The third kappa shape index (κ3) is 8.11. The number of carbonyl (C=O) groups is 4. The highest BCUT2D eigenvalue weighted by Gasteiger charge is 2.38. The lowest BCUT2D eigenvalue weighted by atomic mass is 10.0. The summed E-state index contributed by atoms with van der Waals surface area (Å²) in [4.78, 5) is 56.9. The fourth-order valence-corrected chi connectivity index (χ4v) is 5.50. The van der Waals surface area contributed by atoms with Crippen molar-refractivity contribution in [3.05, 3.63) is 65.9 Å². The van der Waals surface area contributed by atoms with Crippen LogP contribution in [0.3, 0.4) is 0 Å². The van der Waals surface area contributed by atoms with Gasteiger partial charge in [-0.2, -0.15) is 0 Å². The van der Waals surface area contributed by atoms with Gasteiger partial charge in [-0.05, 0) is 74.4 Å². The monoisotopic (exact) mass is 592 g/mol. The molecule has 3 aromatic rings. The lowest BCUT2D eigenvalue weighted by Gasteiger charge is -2.29. The van der Waals surface area contributed by atoms with E-state index in [-0.39, 0.29) is 25.0 Å². The number of aliphatic carboxylic acids is 1. The second-order valence-electron chi connectivity index (χ2n) is 11.0. The fraction of sp³-hybridized carbons (Fsp3) is 0.419. The summed E-state index contributed by atoms with van der Waals surface area (Å²) in [6.45, 7) is 0.704. The summed E-state index contributed by atoms with van der Waals surface area (Å²) in [5, 5.41) is 25.7. The van der Waals surface area contributed by atoms with E-state index in [1.807, 2.05) is 24.3 Å². The summed E-state index contributed by atoms with van der Waals surface area (Å²) in [6.07, 6.45) is 4.45. The average molecular weight is 593 g/mol. The van der Waals surface area contributed by atoms with Crippen LogP contribution in [0.15, 0.2) is 54.7 Å². The molecule has 12 nitrogen and oxygen atoms in total. The molecule has 1 aliphatic rings. The molecule has 230 valence electrons. The zero-order valence-corrected chi connectivity index (χ0v) is 24.0. The van der Waals surface area contributed by atoms with Crippen LogP contribution in [0.2, 0.25) is 0 Å². The van der Waals surface area contributed by atoms with E-state index >= 15 is 0 Å². The standard InChI is InChI=1S/C31H40N6O6/c32-14-4-3-8-25(30(41)37-15-5-9-27(37)31(42)43)35-29(40)26(17-20-18-34-24-7-2-1-6-22(20)24)36-28(39)23(33)16-19-10-12-21(38)13-11-19/h1-2,6-7,10-13,18,23,25-27,34,38H,3-5,8-9,14-17,32-33H2,(H,35,40)(H,36,39)(H,42,43). The molecule has 2 heterocycles. The molecule has 3 amide bonds. The lowest BCUT2D eigenvalue weighted by molar-refractivity contribution is -0.149. The summed E-state index contributed by atoms with van der Waals surface area (Å²) in [5.74, 6) is -2.57. The van der Waals surface area contributed by atoms with Crippen molar-refractivity contribution in [2.45, 2.75) is 69.1 Å². The number of para-hydroxylation sites is 1. The van der Waals surface area contributed by atoms with E-state index < -0.39 is 47.9 Å². The van der Waals surface area contributed by atoms with E-state index in [1.165, 1.54) is 17.0 Å². The number of nitrogens with two attached hydrogens (primary N) is 2. The van der Waals surface area contributed by atoms with Crippen LogP contribution in [0.5, 0.6) is 5.75 Å². The van der Waals surface area contributed by atoms with Gasteiger partial charge in [0, 0.05) is 30.1 Å². The number of phenols is 1. The Bertz CT molecular complexity index is 1420. The van der Waals surface area contributed by atoms with Gasteiger partial charge in [0.1, 0.15) is 23.9 Å². The quantitative estimate of drug-likeness (QED) is 0.135. The largest absolute Gasteiger partial charge is 0.508 e. The summed E-state index contributed by atoms with van der Waals surface area (Å²) in [6, 6.07) is 9.94. The number of hydrogen-bond acceptors (Lipinski definition) is 7. The number of unbranched alkanes of at least 4 members (excludes halogenated alkanes) is 1. The molecule has 2 aromatic carbocycles. The predicted molar refractivity (Wildman–Crippen MR) is 161 cm³/mol. The summed E-state index contributed by atoms with van der Waals surface area (Å²) in [7, 11) is 0. The van der Waals surface area contributed by atoms with Crippen LogP contribution in [-0.2, 0) is 32.0 Å². The first-order chi connectivity index (χ1) is 20.7. The smallest absolute Gasteiger partial charge is 0.326 e. The minimum Gasteiger partial charge on any atom is -0.508 e. The van der Waals surface area contributed by atoms with Gasteiger partial charge in [-0.1, -0.05) is 30.3 Å². The maximum atomic E-state index is 13.8. The van der Waals surface area contributed by atoms with E-state index in [2.05, 4.69) is 15.6 Å². The molecule has 1 aliphatic heterocycles. The number of carboxylic acid groups (broad SMARTS) is 1. The Labute approximate surface area is 249 Å². The molecule has 1 aromatic heterocycles. The molecule has 4 atom stereocenters. The van der Waals surface area contributed by atoms with E-state index in [0.717, 1.165) is 22.0 Å². The molecule has 0 bridgehead atoms. The number of fused-ring (bicyclic) bond motifs is 1. The Hall–Kier alpha value is -4.42. The van der Waals surface area contributed by atoms with Crippen molar-refractivity contribution in [1.82, 2.24) is 20.5 Å². The number of carboxylic acids is 1. The summed E-state index contributed by atoms with van der Waals surface area (Å²) >= 11 is 0. The topological polar surface area (TPSA) is 204 Å². The van der Waals surface area contributed by atoms with Crippen LogP contribution < -0.4 is 22.1 Å². The van der Waals surface area contributed by atoms with Gasteiger partial charge in [-0.3, -0.25) is 14.4 Å². The first-order valence-corrected chi connectivity index (χ1v) is 14.6. The molecular weight excluding hydrogens is 552 g/mol. The van der Waals surface area contributed by atoms with E-state index in [1.54, 1.807) is 18.3 Å². The van der Waals surface area contributed by atoms with Crippen molar-refractivity contribution in [3.63, 3.8) is 0 Å². The minimum atomic E-state index is -1.08. The number of hydrogen-bond donors (Lipinski definition) is 7. The van der Waals surface area contributed by atoms with Crippen molar-refractivity contribution in [2.75, 3.05) is 13.1 Å². The van der Waals surface area contributed by atoms with Gasteiger partial charge in [0.2, 0.25) is 17.7 Å². The molecule has 0 spiro atoms. The lowest BCUT2D eigenvalue weighted by Crippen LogP contribution is -2.57. The third-order valence-corrected chi connectivity index (χ3v) is 7.84. The molecule has 0 aliphatic carbocycles. The van der Waals surface area contributed by atoms with E-state index in [0.29, 0.717) is 38.8 Å². The van der Waals surface area contributed by atoms with Crippen LogP contribution >= 0.6 is 0 Å². The maximum absolute atomic E-state index is 13.8. The minimum absolute atomic E-state index is 0.0939. The number of aromatic amines is 1. The zero-order chi connectivity index (χ0) is 30.9. The number of nitrogens with zero attached hydrogens (tertiary/aromatic N) is 1. The number of likely N-dealkylation sites (tertiary alicyclic amines) is 1. The van der Waals surface area contributed by atoms with Crippen molar-refractivity contribution in [2.24, 2.45) is 11.5 Å². The molecule has 0 saturated carbocycles. The Balaban J connectivity index is 1.55. The number of amides is 3. The Morgan fingerprint density at radius 3 is 2.42 bits per heavy atom. The molecule has 9 N–H and O–H groups in total. The number of phenolic OH excluding ortho intramolecular Hbond substituents is 1. The molecule has 0 radical (unpaired) electrons. The average Bonchev–Trinajstić information content (AvgIpc) is 3.65. The first kappa shape index (κ1) is 31.5. The Kier molecular flexibility index (Phi) is 10.7. The maximum Gasteiger partial charge on any atom is 0.326 e. The molecular formula is C31H40N6O6. The van der Waals surface area contributed by atoms with E-state index in [9.17, 15) is 29.4 Å². The first-order valence-electron chi connectivity index (χ1n) is 14.6. The normalized spacial score (nSPS) is 16.9.